The second-order valence-electron chi connectivity index (χ2n) is 4.53. The molecule has 0 fully saturated rings. The molecule has 21 heavy (non-hydrogen) atoms. The third-order valence-electron chi connectivity index (χ3n) is 2.79. The van der Waals surface area contributed by atoms with Crippen LogP contribution in [0.3, 0.4) is 0 Å². The maximum absolute atomic E-state index is 12.1. The van der Waals surface area contributed by atoms with Gasteiger partial charge in [0.15, 0.2) is 0 Å². The minimum absolute atomic E-state index is 0.0180. The molecule has 0 unspecified atom stereocenters. The number of benzene rings is 1. The van der Waals surface area contributed by atoms with Gasteiger partial charge in [0.25, 0.3) is 5.91 Å². The van der Waals surface area contributed by atoms with Crippen LogP contribution in [0, 0.1) is 0 Å². The first-order valence-electron chi connectivity index (χ1n) is 6.26. The number of sulfone groups is 1. The van der Waals surface area contributed by atoms with Gasteiger partial charge in [-0.25, -0.2) is 8.42 Å². The highest BCUT2D eigenvalue weighted by molar-refractivity contribution is 7.90. The van der Waals surface area contributed by atoms with Crippen molar-refractivity contribution in [3.63, 3.8) is 0 Å². The minimum atomic E-state index is -3.03. The van der Waals surface area contributed by atoms with Crippen LogP contribution in [0.2, 0.25) is 0 Å². The fourth-order valence-corrected chi connectivity index (χ4v) is 2.38. The van der Waals surface area contributed by atoms with Crippen LogP contribution >= 0.6 is 0 Å². The number of carbonyl (C=O) groups excluding carboxylic acids is 1. The maximum atomic E-state index is 12.1. The van der Waals surface area contributed by atoms with E-state index in [0.29, 0.717) is 17.9 Å². The van der Waals surface area contributed by atoms with Crippen LogP contribution in [0.15, 0.2) is 12.1 Å². The highest BCUT2D eigenvalue weighted by Gasteiger charge is 2.15. The lowest BCUT2D eigenvalue weighted by molar-refractivity contribution is 0.0954. The third kappa shape index (κ3) is 5.14. The van der Waals surface area contributed by atoms with Crippen molar-refractivity contribution in [3.8, 4) is 11.5 Å². The second-order valence-corrected chi connectivity index (χ2v) is 6.79. The minimum Gasteiger partial charge on any atom is -0.497 e. The van der Waals surface area contributed by atoms with E-state index in [1.807, 2.05) is 0 Å². The van der Waals surface area contributed by atoms with Gasteiger partial charge in [0.05, 0.1) is 31.2 Å². The first-order chi connectivity index (χ1) is 9.78. The number of nitrogen functional groups attached to an aromatic ring is 1. The summed E-state index contributed by atoms with van der Waals surface area (Å²) in [7, 11) is -0.118. The van der Waals surface area contributed by atoms with Gasteiger partial charge in [-0.15, -0.1) is 0 Å². The summed E-state index contributed by atoms with van der Waals surface area (Å²) in [4.78, 5) is 12.1. The molecule has 0 atom stereocenters. The molecule has 0 bridgehead atoms. The molecule has 0 saturated carbocycles. The first kappa shape index (κ1) is 17.1. The number of hydrogen-bond acceptors (Lipinski definition) is 6. The van der Waals surface area contributed by atoms with E-state index in [1.165, 1.54) is 20.3 Å². The Morgan fingerprint density at radius 1 is 1.29 bits per heavy atom. The molecule has 0 saturated heterocycles. The summed E-state index contributed by atoms with van der Waals surface area (Å²) in [6.07, 6.45) is 1.49. The Labute approximate surface area is 124 Å². The number of ether oxygens (including phenoxy) is 2. The molecule has 1 rings (SSSR count). The van der Waals surface area contributed by atoms with Gasteiger partial charge >= 0.3 is 0 Å². The number of amides is 1. The number of hydrogen-bond donors (Lipinski definition) is 2. The van der Waals surface area contributed by atoms with E-state index in [2.05, 4.69) is 5.32 Å². The highest BCUT2D eigenvalue weighted by Crippen LogP contribution is 2.30. The molecule has 1 aromatic carbocycles. The van der Waals surface area contributed by atoms with Gasteiger partial charge in [0.1, 0.15) is 21.3 Å². The zero-order chi connectivity index (χ0) is 16.0. The lowest BCUT2D eigenvalue weighted by atomic mass is 10.1. The van der Waals surface area contributed by atoms with E-state index in [4.69, 9.17) is 15.2 Å². The zero-order valence-electron chi connectivity index (χ0n) is 12.3. The summed E-state index contributed by atoms with van der Waals surface area (Å²) in [5.74, 6) is 0.403. The largest absolute Gasteiger partial charge is 0.497 e. The Morgan fingerprint density at radius 2 is 1.95 bits per heavy atom. The number of carbonyl (C=O) groups is 1. The Balaban J connectivity index is 2.78. The fourth-order valence-electron chi connectivity index (χ4n) is 1.71. The second kappa shape index (κ2) is 7.16. The predicted molar refractivity (Wildman–Crippen MR) is 80.6 cm³/mol. The summed E-state index contributed by atoms with van der Waals surface area (Å²) in [5.41, 5.74) is 6.29. The zero-order valence-corrected chi connectivity index (χ0v) is 13.1. The van der Waals surface area contributed by atoms with Crippen LogP contribution in [0.4, 0.5) is 5.69 Å². The van der Waals surface area contributed by atoms with Crippen molar-refractivity contribution in [2.24, 2.45) is 0 Å². The normalized spacial score (nSPS) is 11.0. The average molecular weight is 316 g/mol. The van der Waals surface area contributed by atoms with Crippen LogP contribution in [0.1, 0.15) is 16.8 Å². The molecule has 1 amide bonds. The Kier molecular flexibility index (Phi) is 5.83. The predicted octanol–water partition coefficient (Wildman–Crippen LogP) is 0.451. The summed E-state index contributed by atoms with van der Waals surface area (Å²) in [6.45, 7) is 0.241. The summed E-state index contributed by atoms with van der Waals surface area (Å²) >= 11 is 0. The van der Waals surface area contributed by atoms with Gasteiger partial charge in [-0.1, -0.05) is 0 Å². The fraction of sp³-hybridized carbons (Fsp3) is 0.462. The molecular formula is C13H20N2O5S. The lowest BCUT2D eigenvalue weighted by Crippen LogP contribution is -2.26. The topological polar surface area (TPSA) is 108 Å². The van der Waals surface area contributed by atoms with Crippen molar-refractivity contribution in [2.75, 3.05) is 38.5 Å². The van der Waals surface area contributed by atoms with Crippen molar-refractivity contribution in [3.05, 3.63) is 17.7 Å². The Hall–Kier alpha value is -1.96. The molecule has 7 nitrogen and oxygen atoms in total. The van der Waals surface area contributed by atoms with Gasteiger partial charge in [0.2, 0.25) is 0 Å². The van der Waals surface area contributed by atoms with Crippen molar-refractivity contribution < 1.29 is 22.7 Å². The molecule has 0 heterocycles. The molecule has 3 N–H and O–H groups in total. The van der Waals surface area contributed by atoms with E-state index in [0.717, 1.165) is 6.26 Å². The van der Waals surface area contributed by atoms with E-state index < -0.39 is 15.7 Å². The van der Waals surface area contributed by atoms with E-state index in [1.54, 1.807) is 6.07 Å². The monoisotopic (exact) mass is 316 g/mol. The Bertz CT molecular complexity index is 613. The number of nitrogens with two attached hydrogens (primary N) is 1. The number of methoxy groups -OCH3 is 2. The molecule has 0 aliphatic carbocycles. The van der Waals surface area contributed by atoms with Crippen molar-refractivity contribution in [2.45, 2.75) is 6.42 Å². The molecule has 0 aliphatic rings. The molecule has 1 aromatic rings. The van der Waals surface area contributed by atoms with E-state index in [-0.39, 0.29) is 23.5 Å². The first-order valence-corrected chi connectivity index (χ1v) is 8.32. The van der Waals surface area contributed by atoms with Crippen LogP contribution < -0.4 is 20.5 Å². The van der Waals surface area contributed by atoms with Crippen LogP contribution in [-0.4, -0.2) is 47.1 Å². The van der Waals surface area contributed by atoms with Crippen LogP contribution in [0.25, 0.3) is 0 Å². The summed E-state index contributed by atoms with van der Waals surface area (Å²) in [5, 5.41) is 2.62. The standard InChI is InChI=1S/C13H20N2O5S/c1-19-9-7-10(12(14)11(8-9)20-2)13(16)15-5-4-6-21(3,17)18/h7-8H,4-6,14H2,1-3H3,(H,15,16). The van der Waals surface area contributed by atoms with Crippen molar-refractivity contribution in [1.82, 2.24) is 5.32 Å². The quantitative estimate of drug-likeness (QED) is 0.558. The van der Waals surface area contributed by atoms with Crippen LogP contribution in [-0.2, 0) is 9.84 Å². The molecular weight excluding hydrogens is 296 g/mol. The van der Waals surface area contributed by atoms with Crippen molar-refractivity contribution in [1.29, 1.82) is 0 Å². The number of rotatable bonds is 7. The molecule has 8 heteroatoms. The SMILES string of the molecule is COc1cc(OC)c(N)c(C(=O)NCCCS(C)(=O)=O)c1. The average Bonchev–Trinajstić information content (AvgIpc) is 2.42. The molecule has 118 valence electrons. The molecule has 0 aliphatic heterocycles. The van der Waals surface area contributed by atoms with Crippen molar-refractivity contribution >= 4 is 21.4 Å². The number of anilines is 1. The van der Waals surface area contributed by atoms with Gasteiger partial charge in [-0.3, -0.25) is 4.79 Å². The smallest absolute Gasteiger partial charge is 0.253 e. The lowest BCUT2D eigenvalue weighted by Gasteiger charge is -2.12. The summed E-state index contributed by atoms with van der Waals surface area (Å²) in [6, 6.07) is 3.08. The molecule has 0 radical (unpaired) electrons. The third-order valence-corrected chi connectivity index (χ3v) is 3.82. The Morgan fingerprint density at radius 3 is 2.48 bits per heavy atom. The maximum Gasteiger partial charge on any atom is 0.253 e. The van der Waals surface area contributed by atoms with E-state index in [9.17, 15) is 13.2 Å². The van der Waals surface area contributed by atoms with Gasteiger partial charge in [-0.05, 0) is 12.5 Å². The van der Waals surface area contributed by atoms with Gasteiger partial charge in [0, 0.05) is 18.9 Å². The highest BCUT2D eigenvalue weighted by atomic mass is 32.2. The van der Waals surface area contributed by atoms with Crippen LogP contribution in [0.5, 0.6) is 11.5 Å². The van der Waals surface area contributed by atoms with Gasteiger partial charge in [-0.2, -0.15) is 0 Å². The van der Waals surface area contributed by atoms with Gasteiger partial charge < -0.3 is 20.5 Å². The number of nitrogens with one attached hydrogen (secondary N) is 1. The summed E-state index contributed by atoms with van der Waals surface area (Å²) < 4.78 is 32.2. The molecule has 0 spiro atoms. The molecule has 0 aromatic heterocycles. The van der Waals surface area contributed by atoms with E-state index >= 15 is 0 Å².